The summed E-state index contributed by atoms with van der Waals surface area (Å²) in [5, 5.41) is 0. The van der Waals surface area contributed by atoms with Gasteiger partial charge in [-0.3, -0.25) is 0 Å². The number of hydrogen-bond donors (Lipinski definition) is 0. The Labute approximate surface area is 103 Å². The van der Waals surface area contributed by atoms with Gasteiger partial charge in [0.25, 0.3) is 0 Å². The number of nitrogens with zero attached hydrogens (tertiary/aromatic N) is 2. The van der Waals surface area contributed by atoms with Gasteiger partial charge in [-0.1, -0.05) is 25.5 Å². The maximum atomic E-state index is 4.50. The van der Waals surface area contributed by atoms with Crippen LogP contribution in [0.1, 0.15) is 45.1 Å². The highest BCUT2D eigenvalue weighted by Gasteiger charge is 2.22. The molecular formula is C15H20N2. The zero-order chi connectivity index (χ0) is 11.7. The van der Waals surface area contributed by atoms with Gasteiger partial charge in [-0.2, -0.15) is 0 Å². The first-order valence-corrected chi connectivity index (χ1v) is 6.80. The molecule has 1 aliphatic carbocycles. The molecule has 1 saturated carbocycles. The maximum Gasteiger partial charge on any atom is 0.0960 e. The minimum Gasteiger partial charge on any atom is -0.327 e. The number of aromatic nitrogens is 2. The first-order valence-electron chi connectivity index (χ1n) is 6.80. The Morgan fingerprint density at radius 2 is 1.94 bits per heavy atom. The number of imidazole rings is 1. The van der Waals surface area contributed by atoms with E-state index in [-0.39, 0.29) is 0 Å². The highest BCUT2D eigenvalue weighted by molar-refractivity contribution is 5.75. The van der Waals surface area contributed by atoms with E-state index in [0.717, 1.165) is 11.4 Å². The van der Waals surface area contributed by atoms with E-state index in [9.17, 15) is 0 Å². The molecule has 1 heterocycles. The normalized spacial score (nSPS) is 25.2. The van der Waals surface area contributed by atoms with Gasteiger partial charge >= 0.3 is 0 Å². The summed E-state index contributed by atoms with van der Waals surface area (Å²) in [6, 6.07) is 9.13. The number of fused-ring (bicyclic) bond motifs is 1. The lowest BCUT2D eigenvalue weighted by Crippen LogP contribution is -2.17. The quantitative estimate of drug-likeness (QED) is 0.754. The van der Waals surface area contributed by atoms with Gasteiger partial charge in [-0.25, -0.2) is 4.98 Å². The first-order chi connectivity index (χ1) is 8.38. The van der Waals surface area contributed by atoms with Gasteiger partial charge in [-0.05, 0) is 43.7 Å². The van der Waals surface area contributed by atoms with E-state index < -0.39 is 0 Å². The Kier molecular flexibility index (Phi) is 2.87. The van der Waals surface area contributed by atoms with Crippen LogP contribution in [-0.2, 0) is 0 Å². The third-order valence-corrected chi connectivity index (χ3v) is 4.27. The summed E-state index contributed by atoms with van der Waals surface area (Å²) in [4.78, 5) is 4.50. The molecule has 0 radical (unpaired) electrons. The van der Waals surface area contributed by atoms with Crippen molar-refractivity contribution in [2.24, 2.45) is 5.92 Å². The van der Waals surface area contributed by atoms with Crippen LogP contribution in [0, 0.1) is 5.92 Å². The third-order valence-electron chi connectivity index (χ3n) is 4.27. The Hall–Kier alpha value is -1.31. The molecule has 90 valence electrons. The second-order valence-electron chi connectivity index (χ2n) is 5.22. The van der Waals surface area contributed by atoms with Gasteiger partial charge in [0.2, 0.25) is 0 Å². The molecule has 2 nitrogen and oxygen atoms in total. The van der Waals surface area contributed by atoms with Crippen molar-refractivity contribution in [3.8, 4) is 0 Å². The summed E-state index contributed by atoms with van der Waals surface area (Å²) in [6.07, 6.45) is 8.78. The SMILES string of the molecule is CCC1CCC(n2cnc3ccccc32)CC1. The van der Waals surface area contributed by atoms with Crippen LogP contribution in [-0.4, -0.2) is 9.55 Å². The fourth-order valence-corrected chi connectivity index (χ4v) is 3.10. The molecule has 3 rings (SSSR count). The highest BCUT2D eigenvalue weighted by atomic mass is 15.1. The number of benzene rings is 1. The number of rotatable bonds is 2. The zero-order valence-electron chi connectivity index (χ0n) is 10.5. The first kappa shape index (κ1) is 10.8. The predicted octanol–water partition coefficient (Wildman–Crippen LogP) is 4.18. The van der Waals surface area contributed by atoms with Crippen molar-refractivity contribution >= 4 is 11.0 Å². The molecule has 17 heavy (non-hydrogen) atoms. The van der Waals surface area contributed by atoms with Crippen LogP contribution in [0.15, 0.2) is 30.6 Å². The fraction of sp³-hybridized carbons (Fsp3) is 0.533. The van der Waals surface area contributed by atoms with E-state index in [0.29, 0.717) is 6.04 Å². The lowest BCUT2D eigenvalue weighted by Gasteiger charge is -2.29. The zero-order valence-corrected chi connectivity index (χ0v) is 10.5. The molecule has 0 aliphatic heterocycles. The van der Waals surface area contributed by atoms with Crippen LogP contribution in [0.4, 0.5) is 0 Å². The third kappa shape index (κ3) is 1.97. The Balaban J connectivity index is 1.85. The molecule has 0 bridgehead atoms. The number of hydrogen-bond acceptors (Lipinski definition) is 1. The molecule has 2 aromatic rings. The average Bonchev–Trinajstić information content (AvgIpc) is 2.83. The van der Waals surface area contributed by atoms with Gasteiger partial charge in [0.05, 0.1) is 17.4 Å². The summed E-state index contributed by atoms with van der Waals surface area (Å²) in [5.41, 5.74) is 2.43. The van der Waals surface area contributed by atoms with Gasteiger partial charge in [0.1, 0.15) is 0 Å². The molecule has 1 aromatic carbocycles. The van der Waals surface area contributed by atoms with Crippen molar-refractivity contribution in [2.45, 2.75) is 45.1 Å². The van der Waals surface area contributed by atoms with Crippen LogP contribution < -0.4 is 0 Å². The fourth-order valence-electron chi connectivity index (χ4n) is 3.10. The van der Waals surface area contributed by atoms with Crippen LogP contribution in [0.3, 0.4) is 0 Å². The molecule has 0 unspecified atom stereocenters. The smallest absolute Gasteiger partial charge is 0.0960 e. The molecule has 0 spiro atoms. The van der Waals surface area contributed by atoms with Crippen molar-refractivity contribution in [1.29, 1.82) is 0 Å². The van der Waals surface area contributed by atoms with E-state index >= 15 is 0 Å². The average molecular weight is 228 g/mol. The van der Waals surface area contributed by atoms with E-state index in [1.54, 1.807) is 0 Å². The Morgan fingerprint density at radius 3 is 2.71 bits per heavy atom. The van der Waals surface area contributed by atoms with Crippen molar-refractivity contribution in [1.82, 2.24) is 9.55 Å². The van der Waals surface area contributed by atoms with Gasteiger partial charge in [0.15, 0.2) is 0 Å². The molecule has 0 N–H and O–H groups in total. The summed E-state index contributed by atoms with van der Waals surface area (Å²) < 4.78 is 2.39. The minimum absolute atomic E-state index is 0.671. The molecule has 1 aliphatic rings. The maximum absolute atomic E-state index is 4.50. The lowest BCUT2D eigenvalue weighted by atomic mass is 9.84. The molecule has 0 saturated heterocycles. The summed E-state index contributed by atoms with van der Waals surface area (Å²) >= 11 is 0. The molecule has 0 amide bonds. The molecular weight excluding hydrogens is 208 g/mol. The van der Waals surface area contributed by atoms with Gasteiger partial charge < -0.3 is 4.57 Å². The lowest BCUT2D eigenvalue weighted by molar-refractivity contribution is 0.273. The molecule has 2 heteroatoms. The topological polar surface area (TPSA) is 17.8 Å². The van der Waals surface area contributed by atoms with Crippen molar-refractivity contribution in [3.63, 3.8) is 0 Å². The Bertz CT molecular complexity index is 492. The summed E-state index contributed by atoms with van der Waals surface area (Å²) in [6.45, 7) is 2.32. The largest absolute Gasteiger partial charge is 0.327 e. The second-order valence-corrected chi connectivity index (χ2v) is 5.22. The van der Waals surface area contributed by atoms with E-state index in [4.69, 9.17) is 0 Å². The summed E-state index contributed by atoms with van der Waals surface area (Å²) in [7, 11) is 0. The second kappa shape index (κ2) is 4.52. The van der Waals surface area contributed by atoms with Crippen LogP contribution >= 0.6 is 0 Å². The van der Waals surface area contributed by atoms with Gasteiger partial charge in [-0.15, -0.1) is 0 Å². The van der Waals surface area contributed by atoms with Crippen molar-refractivity contribution < 1.29 is 0 Å². The minimum atomic E-state index is 0.671. The predicted molar refractivity (Wildman–Crippen MR) is 71.0 cm³/mol. The number of para-hydroxylation sites is 2. The van der Waals surface area contributed by atoms with E-state index in [1.807, 2.05) is 6.33 Å². The molecule has 1 aromatic heterocycles. The van der Waals surface area contributed by atoms with Crippen LogP contribution in [0.2, 0.25) is 0 Å². The monoisotopic (exact) mass is 228 g/mol. The molecule has 0 atom stereocenters. The van der Waals surface area contributed by atoms with E-state index in [2.05, 4.69) is 40.7 Å². The standard InChI is InChI=1S/C15H20N2/c1-2-12-7-9-13(10-8-12)17-11-16-14-5-3-4-6-15(14)17/h3-6,11-13H,2,7-10H2,1H3. The Morgan fingerprint density at radius 1 is 1.18 bits per heavy atom. The van der Waals surface area contributed by atoms with Crippen molar-refractivity contribution in [2.75, 3.05) is 0 Å². The van der Waals surface area contributed by atoms with Crippen molar-refractivity contribution in [3.05, 3.63) is 30.6 Å². The summed E-state index contributed by atoms with van der Waals surface area (Å²) in [5.74, 6) is 0.959. The van der Waals surface area contributed by atoms with Crippen LogP contribution in [0.25, 0.3) is 11.0 Å². The van der Waals surface area contributed by atoms with E-state index in [1.165, 1.54) is 37.6 Å². The van der Waals surface area contributed by atoms with Crippen LogP contribution in [0.5, 0.6) is 0 Å². The highest BCUT2D eigenvalue weighted by Crippen LogP contribution is 2.35. The molecule has 1 fully saturated rings. The van der Waals surface area contributed by atoms with Gasteiger partial charge in [0, 0.05) is 6.04 Å².